The van der Waals surface area contributed by atoms with Crippen LogP contribution in [0.2, 0.25) is 0 Å². The summed E-state index contributed by atoms with van der Waals surface area (Å²) < 4.78 is 5.98. The van der Waals surface area contributed by atoms with Crippen molar-refractivity contribution in [1.82, 2.24) is 0 Å². The molecule has 0 saturated carbocycles. The Labute approximate surface area is 163 Å². The fourth-order valence-corrected chi connectivity index (χ4v) is 3.51. The van der Waals surface area contributed by atoms with Gasteiger partial charge in [-0.05, 0) is 12.0 Å². The molecule has 0 unspecified atom stereocenters. The van der Waals surface area contributed by atoms with Crippen molar-refractivity contribution in [2.75, 3.05) is 5.33 Å². The Bertz CT molecular complexity index is 396. The van der Waals surface area contributed by atoms with Crippen LogP contribution in [0.4, 0.5) is 0 Å². The Morgan fingerprint density at radius 2 is 1.44 bits per heavy atom. The first-order valence-electron chi connectivity index (χ1n) is 10.2. The lowest BCUT2D eigenvalue weighted by atomic mass is 10.0. The highest BCUT2D eigenvalue weighted by Crippen LogP contribution is 2.17. The molecule has 0 heterocycles. The van der Waals surface area contributed by atoms with Crippen LogP contribution in [-0.2, 0) is 11.3 Å². The zero-order chi connectivity index (χ0) is 18.2. The van der Waals surface area contributed by atoms with Crippen molar-refractivity contribution < 1.29 is 9.84 Å². The van der Waals surface area contributed by atoms with Crippen molar-refractivity contribution in [3.05, 3.63) is 35.9 Å². The Morgan fingerprint density at radius 3 is 2.00 bits per heavy atom. The average Bonchev–Trinajstić information content (AvgIpc) is 2.65. The molecule has 0 aliphatic heterocycles. The van der Waals surface area contributed by atoms with Crippen LogP contribution in [0.5, 0.6) is 0 Å². The molecule has 2 nitrogen and oxygen atoms in total. The molecule has 1 aromatic rings. The van der Waals surface area contributed by atoms with Crippen molar-refractivity contribution in [3.8, 4) is 0 Å². The van der Waals surface area contributed by atoms with Gasteiger partial charge in [0.2, 0.25) is 0 Å². The van der Waals surface area contributed by atoms with Gasteiger partial charge in [0, 0.05) is 5.33 Å². The van der Waals surface area contributed by atoms with Gasteiger partial charge in [-0.3, -0.25) is 0 Å². The number of aliphatic hydroxyl groups excluding tert-OH is 1. The second-order valence-corrected chi connectivity index (χ2v) is 7.67. The van der Waals surface area contributed by atoms with Gasteiger partial charge in [-0.15, -0.1) is 0 Å². The van der Waals surface area contributed by atoms with Gasteiger partial charge in [0.05, 0.1) is 18.8 Å². The van der Waals surface area contributed by atoms with Crippen LogP contribution < -0.4 is 0 Å². The van der Waals surface area contributed by atoms with E-state index in [9.17, 15) is 5.11 Å². The van der Waals surface area contributed by atoms with Crippen LogP contribution in [0.25, 0.3) is 0 Å². The smallest absolute Gasteiger partial charge is 0.0898 e. The summed E-state index contributed by atoms with van der Waals surface area (Å²) in [7, 11) is 0. The first kappa shape index (κ1) is 22.7. The highest BCUT2D eigenvalue weighted by molar-refractivity contribution is 9.09. The third-order valence-electron chi connectivity index (χ3n) is 4.74. The molecular weight excluding hydrogens is 376 g/mol. The summed E-state index contributed by atoms with van der Waals surface area (Å²) in [4.78, 5) is 0. The van der Waals surface area contributed by atoms with Crippen LogP contribution in [0.3, 0.4) is 0 Å². The Kier molecular flexibility index (Phi) is 14.4. The maximum absolute atomic E-state index is 10.2. The van der Waals surface area contributed by atoms with Crippen molar-refractivity contribution in [2.24, 2.45) is 0 Å². The summed E-state index contributed by atoms with van der Waals surface area (Å²) in [6.45, 7) is 2.84. The number of benzene rings is 1. The summed E-state index contributed by atoms with van der Waals surface area (Å²) >= 11 is 3.38. The number of aliphatic hydroxyl groups is 1. The second kappa shape index (κ2) is 15.8. The lowest BCUT2D eigenvalue weighted by Crippen LogP contribution is -2.30. The molecule has 0 amide bonds. The van der Waals surface area contributed by atoms with E-state index in [1.54, 1.807) is 0 Å². The lowest BCUT2D eigenvalue weighted by molar-refractivity contribution is -0.0408. The Balaban J connectivity index is 2.10. The molecule has 0 aliphatic carbocycles. The van der Waals surface area contributed by atoms with Gasteiger partial charge in [-0.2, -0.15) is 0 Å². The maximum Gasteiger partial charge on any atom is 0.0898 e. The van der Waals surface area contributed by atoms with Crippen LogP contribution >= 0.6 is 15.9 Å². The number of ether oxygens (including phenoxy) is 1. The molecule has 0 aromatic heterocycles. The Morgan fingerprint density at radius 1 is 0.880 bits per heavy atom. The van der Waals surface area contributed by atoms with E-state index in [0.717, 1.165) is 18.4 Å². The Hall–Kier alpha value is -0.380. The van der Waals surface area contributed by atoms with Crippen LogP contribution in [0, 0.1) is 0 Å². The van der Waals surface area contributed by atoms with Gasteiger partial charge in [-0.1, -0.05) is 117 Å². The van der Waals surface area contributed by atoms with Gasteiger partial charge in [0.25, 0.3) is 0 Å². The summed E-state index contributed by atoms with van der Waals surface area (Å²) in [5.74, 6) is 0. The number of alkyl halides is 1. The minimum absolute atomic E-state index is 0.0753. The molecular formula is C22H37BrO2. The van der Waals surface area contributed by atoms with E-state index in [0.29, 0.717) is 11.9 Å². The molecule has 144 valence electrons. The van der Waals surface area contributed by atoms with E-state index in [4.69, 9.17) is 4.74 Å². The number of rotatable bonds is 16. The van der Waals surface area contributed by atoms with Gasteiger partial charge in [0.1, 0.15) is 0 Å². The molecule has 0 radical (unpaired) electrons. The minimum atomic E-state index is -0.428. The van der Waals surface area contributed by atoms with E-state index in [-0.39, 0.29) is 6.10 Å². The van der Waals surface area contributed by atoms with Crippen molar-refractivity contribution >= 4 is 15.9 Å². The average molecular weight is 413 g/mol. The van der Waals surface area contributed by atoms with E-state index in [1.165, 1.54) is 57.8 Å². The standard InChI is InChI=1S/C22H37BrO2/c1-2-3-4-5-6-7-8-9-10-14-17-22(21(24)18-23)25-19-20-15-12-11-13-16-20/h11-13,15-16,21-22,24H,2-10,14,17-19H2,1H3/t21-,22-/m1/s1. The first-order valence-corrected chi connectivity index (χ1v) is 11.3. The second-order valence-electron chi connectivity index (χ2n) is 7.03. The van der Waals surface area contributed by atoms with Gasteiger partial charge < -0.3 is 9.84 Å². The number of unbranched alkanes of at least 4 members (excludes halogenated alkanes) is 9. The summed E-state index contributed by atoms with van der Waals surface area (Å²) in [5.41, 5.74) is 1.16. The molecule has 1 rings (SSSR count). The van der Waals surface area contributed by atoms with E-state index >= 15 is 0 Å². The summed E-state index contributed by atoms with van der Waals surface area (Å²) in [6, 6.07) is 10.2. The molecule has 25 heavy (non-hydrogen) atoms. The molecule has 0 aliphatic rings. The third-order valence-corrected chi connectivity index (χ3v) is 5.40. The van der Waals surface area contributed by atoms with Crippen molar-refractivity contribution in [1.29, 1.82) is 0 Å². The molecule has 0 bridgehead atoms. The van der Waals surface area contributed by atoms with Crippen molar-refractivity contribution in [2.45, 2.75) is 96.4 Å². The molecule has 1 aromatic carbocycles. The fraction of sp³-hybridized carbons (Fsp3) is 0.727. The normalized spacial score (nSPS) is 13.7. The van der Waals surface area contributed by atoms with Crippen LogP contribution in [0.15, 0.2) is 30.3 Å². The monoisotopic (exact) mass is 412 g/mol. The van der Waals surface area contributed by atoms with Crippen LogP contribution in [-0.4, -0.2) is 22.6 Å². The highest BCUT2D eigenvalue weighted by atomic mass is 79.9. The SMILES string of the molecule is CCCCCCCCCCCC[C@@H](OCc1ccccc1)[C@H](O)CBr. The van der Waals surface area contributed by atoms with E-state index in [2.05, 4.69) is 35.0 Å². The zero-order valence-electron chi connectivity index (χ0n) is 16.0. The van der Waals surface area contributed by atoms with Gasteiger partial charge in [-0.25, -0.2) is 0 Å². The molecule has 2 atom stereocenters. The van der Waals surface area contributed by atoms with Gasteiger partial charge >= 0.3 is 0 Å². The zero-order valence-corrected chi connectivity index (χ0v) is 17.6. The molecule has 3 heteroatoms. The lowest BCUT2D eigenvalue weighted by Gasteiger charge is -2.22. The summed E-state index contributed by atoms with van der Waals surface area (Å²) in [6.07, 6.45) is 13.8. The molecule has 0 saturated heterocycles. The van der Waals surface area contributed by atoms with Crippen molar-refractivity contribution in [3.63, 3.8) is 0 Å². The minimum Gasteiger partial charge on any atom is -0.390 e. The molecule has 0 spiro atoms. The summed E-state index contributed by atoms with van der Waals surface area (Å²) in [5, 5.41) is 10.7. The third kappa shape index (κ3) is 11.8. The highest BCUT2D eigenvalue weighted by Gasteiger charge is 2.18. The number of hydrogen-bond acceptors (Lipinski definition) is 2. The van der Waals surface area contributed by atoms with Crippen LogP contribution in [0.1, 0.15) is 83.1 Å². The maximum atomic E-state index is 10.2. The topological polar surface area (TPSA) is 29.5 Å². The van der Waals surface area contributed by atoms with E-state index < -0.39 is 6.10 Å². The number of halogens is 1. The quantitative estimate of drug-likeness (QED) is 0.243. The predicted molar refractivity (Wildman–Crippen MR) is 111 cm³/mol. The first-order chi connectivity index (χ1) is 12.3. The fourth-order valence-electron chi connectivity index (χ4n) is 3.10. The predicted octanol–water partition coefficient (Wildman–Crippen LogP) is 6.64. The van der Waals surface area contributed by atoms with Gasteiger partial charge in [0.15, 0.2) is 0 Å². The number of hydrogen-bond donors (Lipinski definition) is 1. The molecule has 0 fully saturated rings. The molecule has 1 N–H and O–H groups in total. The van der Waals surface area contributed by atoms with E-state index in [1.807, 2.05) is 18.2 Å². The largest absolute Gasteiger partial charge is 0.390 e.